The molecule has 5 atom stereocenters. The molecular formula is C13H30O2. The molecule has 1 rings (SSSR count). The second kappa shape index (κ2) is 7.24. The van der Waals surface area contributed by atoms with Gasteiger partial charge in [0.05, 0.1) is 6.10 Å². The summed E-state index contributed by atoms with van der Waals surface area (Å²) >= 11 is 0. The Morgan fingerprint density at radius 2 is 1.53 bits per heavy atom. The van der Waals surface area contributed by atoms with E-state index in [4.69, 9.17) is 9.47 Å². The van der Waals surface area contributed by atoms with Gasteiger partial charge in [-0.3, -0.25) is 0 Å². The van der Waals surface area contributed by atoms with E-state index in [2.05, 4.69) is 27.7 Å². The Bertz CT molecular complexity index is 139. The van der Waals surface area contributed by atoms with Crippen LogP contribution < -0.4 is 0 Å². The lowest BCUT2D eigenvalue weighted by molar-refractivity contribution is -0.237. The van der Waals surface area contributed by atoms with Crippen molar-refractivity contribution in [3.8, 4) is 0 Å². The highest BCUT2D eigenvalue weighted by atomic mass is 16.7. The summed E-state index contributed by atoms with van der Waals surface area (Å²) in [4.78, 5) is 0. The van der Waals surface area contributed by atoms with E-state index in [0.29, 0.717) is 23.9 Å². The van der Waals surface area contributed by atoms with Gasteiger partial charge in [-0.25, -0.2) is 0 Å². The minimum Gasteiger partial charge on any atom is -0.356 e. The van der Waals surface area contributed by atoms with E-state index in [0.717, 1.165) is 6.42 Å². The molecule has 0 aromatic heterocycles. The minimum atomic E-state index is -0.00356. The van der Waals surface area contributed by atoms with Gasteiger partial charge in [0.25, 0.3) is 0 Å². The van der Waals surface area contributed by atoms with Crippen LogP contribution >= 0.6 is 0 Å². The highest BCUT2D eigenvalue weighted by molar-refractivity contribution is 4.81. The maximum atomic E-state index is 5.86. The first-order valence-electron chi connectivity index (χ1n) is 5.30. The van der Waals surface area contributed by atoms with Gasteiger partial charge in [0, 0.05) is 13.0 Å². The largest absolute Gasteiger partial charge is 0.356 e. The first kappa shape index (κ1) is 17.3. The third-order valence-electron chi connectivity index (χ3n) is 3.62. The monoisotopic (exact) mass is 218 g/mol. The molecule has 0 amide bonds. The molecule has 1 fully saturated rings. The Morgan fingerprint density at radius 1 is 1.00 bits per heavy atom. The van der Waals surface area contributed by atoms with E-state index >= 15 is 0 Å². The lowest BCUT2D eigenvalue weighted by Crippen LogP contribution is -2.45. The number of hydrogen-bond acceptors (Lipinski definition) is 2. The summed E-state index contributed by atoms with van der Waals surface area (Å²) in [7, 11) is 1.73. The van der Waals surface area contributed by atoms with Crippen LogP contribution in [0.3, 0.4) is 0 Å². The van der Waals surface area contributed by atoms with E-state index < -0.39 is 0 Å². The molecule has 0 N–H and O–H groups in total. The molecule has 0 aliphatic carbocycles. The lowest BCUT2D eigenvalue weighted by atomic mass is 9.78. The van der Waals surface area contributed by atoms with E-state index in [1.54, 1.807) is 7.11 Å². The van der Waals surface area contributed by atoms with Crippen molar-refractivity contribution in [3.63, 3.8) is 0 Å². The van der Waals surface area contributed by atoms with Crippen molar-refractivity contribution in [1.82, 2.24) is 0 Å². The summed E-state index contributed by atoms with van der Waals surface area (Å²) in [5.41, 5.74) is 0. The van der Waals surface area contributed by atoms with Crippen LogP contribution in [0.25, 0.3) is 0 Å². The quantitative estimate of drug-likeness (QED) is 0.698. The molecule has 0 aromatic rings. The summed E-state index contributed by atoms with van der Waals surface area (Å²) in [5.74, 6) is 1.83. The molecule has 2 nitrogen and oxygen atoms in total. The van der Waals surface area contributed by atoms with Crippen molar-refractivity contribution in [2.24, 2.45) is 17.8 Å². The summed E-state index contributed by atoms with van der Waals surface area (Å²) in [5, 5.41) is 0. The van der Waals surface area contributed by atoms with E-state index in [9.17, 15) is 0 Å². The summed E-state index contributed by atoms with van der Waals surface area (Å²) < 4.78 is 11.2. The molecule has 0 bridgehead atoms. The van der Waals surface area contributed by atoms with Crippen LogP contribution in [0.5, 0.6) is 0 Å². The van der Waals surface area contributed by atoms with Gasteiger partial charge in [-0.15, -0.1) is 0 Å². The van der Waals surface area contributed by atoms with E-state index in [-0.39, 0.29) is 21.1 Å². The van der Waals surface area contributed by atoms with Gasteiger partial charge in [0.1, 0.15) is 0 Å². The highest BCUT2D eigenvalue weighted by Crippen LogP contribution is 2.36. The van der Waals surface area contributed by atoms with Gasteiger partial charge in [-0.2, -0.15) is 0 Å². The standard InChI is InChI=1S/C11H22O2.2CH4/c1-6-10-8(3)7(2)9(4)11(12-5)13-10;;/h7-11H,6H2,1-5H3;2*1H4. The second-order valence-corrected chi connectivity index (χ2v) is 4.26. The molecule has 5 unspecified atom stereocenters. The predicted molar refractivity (Wildman–Crippen MR) is 66.9 cm³/mol. The van der Waals surface area contributed by atoms with Gasteiger partial charge in [0.15, 0.2) is 6.29 Å². The molecule has 1 aliphatic heterocycles. The third kappa shape index (κ3) is 3.46. The fraction of sp³-hybridized carbons (Fsp3) is 1.00. The third-order valence-corrected chi connectivity index (χ3v) is 3.62. The number of rotatable bonds is 2. The Hall–Kier alpha value is -0.0800. The van der Waals surface area contributed by atoms with Gasteiger partial charge < -0.3 is 9.47 Å². The number of methoxy groups -OCH3 is 1. The first-order valence-corrected chi connectivity index (χ1v) is 5.30. The van der Waals surface area contributed by atoms with Crippen LogP contribution in [-0.4, -0.2) is 19.5 Å². The average Bonchev–Trinajstić information content (AvgIpc) is 2.15. The zero-order chi connectivity index (χ0) is 10.0. The van der Waals surface area contributed by atoms with E-state index in [1.807, 2.05) is 0 Å². The second-order valence-electron chi connectivity index (χ2n) is 4.26. The van der Waals surface area contributed by atoms with Crippen molar-refractivity contribution < 1.29 is 9.47 Å². The minimum absolute atomic E-state index is 0. The topological polar surface area (TPSA) is 18.5 Å². The van der Waals surface area contributed by atoms with Crippen LogP contribution in [0.15, 0.2) is 0 Å². The maximum Gasteiger partial charge on any atom is 0.160 e. The van der Waals surface area contributed by atoms with Crippen molar-refractivity contribution in [2.45, 2.75) is 61.4 Å². The van der Waals surface area contributed by atoms with Crippen LogP contribution in [0, 0.1) is 17.8 Å². The molecule has 15 heavy (non-hydrogen) atoms. The Kier molecular flexibility index (Phi) is 8.35. The molecule has 2 heteroatoms. The average molecular weight is 218 g/mol. The molecule has 94 valence electrons. The molecular weight excluding hydrogens is 188 g/mol. The van der Waals surface area contributed by atoms with Gasteiger partial charge in [-0.1, -0.05) is 42.5 Å². The van der Waals surface area contributed by atoms with Crippen LogP contribution in [-0.2, 0) is 9.47 Å². The zero-order valence-corrected chi connectivity index (χ0v) is 9.41. The molecule has 0 spiro atoms. The van der Waals surface area contributed by atoms with Crippen LogP contribution in [0.4, 0.5) is 0 Å². The highest BCUT2D eigenvalue weighted by Gasteiger charge is 2.38. The molecule has 0 radical (unpaired) electrons. The molecule has 0 aromatic carbocycles. The van der Waals surface area contributed by atoms with Crippen molar-refractivity contribution in [3.05, 3.63) is 0 Å². The van der Waals surface area contributed by atoms with Gasteiger partial charge in [-0.05, 0) is 18.3 Å². The smallest absolute Gasteiger partial charge is 0.160 e. The zero-order valence-electron chi connectivity index (χ0n) is 9.41. The van der Waals surface area contributed by atoms with Crippen molar-refractivity contribution in [2.75, 3.05) is 7.11 Å². The Labute approximate surface area is 96.4 Å². The molecule has 1 saturated heterocycles. The number of hydrogen-bond donors (Lipinski definition) is 0. The van der Waals surface area contributed by atoms with E-state index in [1.165, 1.54) is 0 Å². The Balaban J connectivity index is 0. The Morgan fingerprint density at radius 3 is 1.93 bits per heavy atom. The fourth-order valence-corrected chi connectivity index (χ4v) is 2.22. The van der Waals surface area contributed by atoms with Crippen LogP contribution in [0.2, 0.25) is 0 Å². The van der Waals surface area contributed by atoms with Crippen LogP contribution in [0.1, 0.15) is 49.0 Å². The SMILES string of the molecule is C.C.CCC1OC(OC)C(C)C(C)C1C. The van der Waals surface area contributed by atoms with Gasteiger partial charge in [0.2, 0.25) is 0 Å². The van der Waals surface area contributed by atoms with Crippen molar-refractivity contribution in [1.29, 1.82) is 0 Å². The lowest BCUT2D eigenvalue weighted by Gasteiger charge is -2.42. The fourth-order valence-electron chi connectivity index (χ4n) is 2.22. The summed E-state index contributed by atoms with van der Waals surface area (Å²) in [6.07, 6.45) is 1.45. The molecule has 1 heterocycles. The summed E-state index contributed by atoms with van der Waals surface area (Å²) in [6.45, 7) is 8.96. The van der Waals surface area contributed by atoms with Gasteiger partial charge >= 0.3 is 0 Å². The molecule has 0 saturated carbocycles. The number of ether oxygens (including phenoxy) is 2. The first-order chi connectivity index (χ1) is 6.11. The summed E-state index contributed by atoms with van der Waals surface area (Å²) in [6, 6.07) is 0. The maximum absolute atomic E-state index is 5.86. The molecule has 1 aliphatic rings. The van der Waals surface area contributed by atoms with Crippen molar-refractivity contribution >= 4 is 0 Å². The normalized spacial score (nSPS) is 40.2. The predicted octanol–water partition coefficient (Wildman–Crippen LogP) is 3.95.